The molecule has 1 aromatic heterocycles. The van der Waals surface area contributed by atoms with Gasteiger partial charge in [-0.25, -0.2) is 4.68 Å². The molecule has 0 aliphatic heterocycles. The number of carbonyl (C=O) groups is 2. The van der Waals surface area contributed by atoms with E-state index in [2.05, 4.69) is 26.3 Å². The summed E-state index contributed by atoms with van der Waals surface area (Å²) >= 11 is 3.42. The molecule has 2 aromatic carbocycles. The van der Waals surface area contributed by atoms with Crippen LogP contribution >= 0.6 is 15.9 Å². The summed E-state index contributed by atoms with van der Waals surface area (Å²) in [7, 11) is 1.54. The van der Waals surface area contributed by atoms with Crippen LogP contribution in [0.4, 0.5) is 5.82 Å². The maximum absolute atomic E-state index is 12.6. The van der Waals surface area contributed by atoms with E-state index in [0.717, 1.165) is 10.0 Å². The number of nitrogens with one attached hydrogen (secondary N) is 1. The quantitative estimate of drug-likeness (QED) is 0.560. The molecule has 0 fully saturated rings. The highest BCUT2D eigenvalue weighted by Gasteiger charge is 2.13. The van der Waals surface area contributed by atoms with Crippen LogP contribution in [0.3, 0.4) is 0 Å². The number of halogens is 1. The van der Waals surface area contributed by atoms with Gasteiger partial charge in [-0.1, -0.05) is 28.1 Å². The van der Waals surface area contributed by atoms with Crippen molar-refractivity contribution in [1.29, 1.82) is 0 Å². The van der Waals surface area contributed by atoms with Gasteiger partial charge in [-0.2, -0.15) is 5.10 Å². The second kappa shape index (κ2) is 8.84. The van der Waals surface area contributed by atoms with Crippen LogP contribution < -0.4 is 10.1 Å². The van der Waals surface area contributed by atoms with Gasteiger partial charge in [0.25, 0.3) is 0 Å². The molecule has 0 aliphatic rings. The van der Waals surface area contributed by atoms with E-state index in [9.17, 15) is 9.59 Å². The molecule has 1 amide bonds. The van der Waals surface area contributed by atoms with Crippen molar-refractivity contribution < 1.29 is 14.3 Å². The fourth-order valence-electron chi connectivity index (χ4n) is 2.82. The van der Waals surface area contributed by atoms with Gasteiger partial charge in [-0.15, -0.1) is 0 Å². The fraction of sp³-hybridized carbons (Fsp3) is 0.190. The maximum atomic E-state index is 12.6. The van der Waals surface area contributed by atoms with Gasteiger partial charge in [0.2, 0.25) is 5.91 Å². The summed E-state index contributed by atoms with van der Waals surface area (Å²) in [6.07, 6.45) is 1.74. The van der Waals surface area contributed by atoms with Crippen molar-refractivity contribution in [3.63, 3.8) is 0 Å². The second-order valence-electron chi connectivity index (χ2n) is 6.31. The lowest BCUT2D eigenvalue weighted by Crippen LogP contribution is -2.18. The van der Waals surface area contributed by atoms with Gasteiger partial charge in [0.15, 0.2) is 5.78 Å². The van der Waals surface area contributed by atoms with Crippen molar-refractivity contribution in [2.45, 2.75) is 19.9 Å². The van der Waals surface area contributed by atoms with Gasteiger partial charge in [0, 0.05) is 21.7 Å². The number of hydrogen-bond acceptors (Lipinski definition) is 4. The van der Waals surface area contributed by atoms with Crippen LogP contribution in [0.5, 0.6) is 5.75 Å². The Morgan fingerprint density at radius 1 is 1.14 bits per heavy atom. The third-order valence-electron chi connectivity index (χ3n) is 4.27. The highest BCUT2D eigenvalue weighted by molar-refractivity contribution is 9.10. The zero-order chi connectivity index (χ0) is 20.1. The lowest BCUT2D eigenvalue weighted by Gasteiger charge is -2.12. The molecule has 3 aromatic rings. The SMILES string of the molecule is COc1ccc(C(C)=O)cc1CC(=O)Nc1ccnn1Cc1ccc(Br)cc1. The van der Waals surface area contributed by atoms with Crippen LogP contribution in [0.1, 0.15) is 28.4 Å². The molecular formula is C21H20BrN3O3. The number of methoxy groups -OCH3 is 1. The normalized spacial score (nSPS) is 10.5. The number of nitrogens with zero attached hydrogens (tertiary/aromatic N) is 2. The van der Waals surface area contributed by atoms with E-state index in [1.165, 1.54) is 14.0 Å². The summed E-state index contributed by atoms with van der Waals surface area (Å²) in [6, 6.07) is 14.8. The summed E-state index contributed by atoms with van der Waals surface area (Å²) in [5, 5.41) is 7.17. The van der Waals surface area contributed by atoms with E-state index >= 15 is 0 Å². The van der Waals surface area contributed by atoms with Crippen molar-refractivity contribution in [3.8, 4) is 5.75 Å². The molecule has 0 bridgehead atoms. The Kier molecular flexibility index (Phi) is 6.26. The number of ether oxygens (including phenoxy) is 1. The summed E-state index contributed by atoms with van der Waals surface area (Å²) in [6.45, 7) is 2.03. The first-order valence-electron chi connectivity index (χ1n) is 8.70. The monoisotopic (exact) mass is 441 g/mol. The van der Waals surface area contributed by atoms with Gasteiger partial charge < -0.3 is 10.1 Å². The Bertz CT molecular complexity index is 996. The van der Waals surface area contributed by atoms with E-state index < -0.39 is 0 Å². The Morgan fingerprint density at radius 3 is 2.57 bits per heavy atom. The molecule has 0 saturated heterocycles. The Morgan fingerprint density at radius 2 is 1.89 bits per heavy atom. The smallest absolute Gasteiger partial charge is 0.230 e. The number of rotatable bonds is 7. The Hall–Kier alpha value is -2.93. The number of benzene rings is 2. The minimum Gasteiger partial charge on any atom is -0.496 e. The fourth-order valence-corrected chi connectivity index (χ4v) is 3.09. The van der Waals surface area contributed by atoms with E-state index in [0.29, 0.717) is 29.2 Å². The van der Waals surface area contributed by atoms with Crippen molar-refractivity contribution in [2.75, 3.05) is 12.4 Å². The predicted octanol–water partition coefficient (Wildman–Crippen LogP) is 4.09. The van der Waals surface area contributed by atoms with Crippen LogP contribution in [-0.4, -0.2) is 28.6 Å². The molecular weight excluding hydrogens is 422 g/mol. The molecule has 1 heterocycles. The summed E-state index contributed by atoms with van der Waals surface area (Å²) in [5.74, 6) is 0.909. The number of hydrogen-bond donors (Lipinski definition) is 1. The van der Waals surface area contributed by atoms with Crippen molar-refractivity contribution in [2.24, 2.45) is 0 Å². The van der Waals surface area contributed by atoms with Gasteiger partial charge in [0.05, 0.1) is 26.3 Å². The third kappa shape index (κ3) is 4.86. The van der Waals surface area contributed by atoms with Gasteiger partial charge in [0.1, 0.15) is 11.6 Å². The van der Waals surface area contributed by atoms with Crippen LogP contribution in [-0.2, 0) is 17.8 Å². The molecule has 0 unspecified atom stereocenters. The number of aromatic nitrogens is 2. The third-order valence-corrected chi connectivity index (χ3v) is 4.80. The van der Waals surface area contributed by atoms with E-state index in [1.807, 2.05) is 24.3 Å². The molecule has 0 saturated carbocycles. The number of ketones is 1. The van der Waals surface area contributed by atoms with Crippen LogP contribution in [0, 0.1) is 0 Å². The average molecular weight is 442 g/mol. The topological polar surface area (TPSA) is 73.2 Å². The number of amides is 1. The summed E-state index contributed by atoms with van der Waals surface area (Å²) in [4.78, 5) is 24.2. The van der Waals surface area contributed by atoms with Gasteiger partial charge in [-0.3, -0.25) is 9.59 Å². The molecule has 28 heavy (non-hydrogen) atoms. The Labute approximate surface area is 171 Å². The number of Topliss-reactive ketones (excluding diaryl/α,β-unsaturated/α-hetero) is 1. The zero-order valence-corrected chi connectivity index (χ0v) is 17.2. The highest BCUT2D eigenvalue weighted by atomic mass is 79.9. The molecule has 1 N–H and O–H groups in total. The van der Waals surface area contributed by atoms with Crippen LogP contribution in [0.15, 0.2) is 59.2 Å². The van der Waals surface area contributed by atoms with Crippen LogP contribution in [0.25, 0.3) is 0 Å². The molecule has 0 spiro atoms. The summed E-state index contributed by atoms with van der Waals surface area (Å²) < 4.78 is 8.05. The van der Waals surface area contributed by atoms with E-state index in [4.69, 9.17) is 4.74 Å². The maximum Gasteiger partial charge on any atom is 0.230 e. The molecule has 7 heteroatoms. The lowest BCUT2D eigenvalue weighted by molar-refractivity contribution is -0.115. The predicted molar refractivity (Wildman–Crippen MR) is 111 cm³/mol. The standard InChI is InChI=1S/C21H20BrN3O3/c1-14(26)16-5-8-19(28-2)17(11-16)12-21(27)24-20-9-10-23-25(20)13-15-3-6-18(22)7-4-15/h3-11H,12-13H2,1-2H3,(H,24,27). The van der Waals surface area contributed by atoms with Gasteiger partial charge in [-0.05, 0) is 42.8 Å². The van der Waals surface area contributed by atoms with Gasteiger partial charge >= 0.3 is 0 Å². The molecule has 0 radical (unpaired) electrons. The van der Waals surface area contributed by atoms with Crippen molar-refractivity contribution in [3.05, 3.63) is 75.9 Å². The average Bonchev–Trinajstić information content (AvgIpc) is 3.10. The highest BCUT2D eigenvalue weighted by Crippen LogP contribution is 2.22. The molecule has 6 nitrogen and oxygen atoms in total. The lowest BCUT2D eigenvalue weighted by atomic mass is 10.0. The Balaban J connectivity index is 1.72. The van der Waals surface area contributed by atoms with Crippen molar-refractivity contribution >= 4 is 33.4 Å². The van der Waals surface area contributed by atoms with E-state index in [1.54, 1.807) is 35.1 Å². The number of anilines is 1. The zero-order valence-electron chi connectivity index (χ0n) is 15.6. The summed E-state index contributed by atoms with van der Waals surface area (Å²) in [5.41, 5.74) is 2.27. The first-order valence-corrected chi connectivity index (χ1v) is 9.49. The van der Waals surface area contributed by atoms with E-state index in [-0.39, 0.29) is 18.1 Å². The first-order chi connectivity index (χ1) is 13.5. The minimum absolute atomic E-state index is 0.0584. The largest absolute Gasteiger partial charge is 0.496 e. The molecule has 0 atom stereocenters. The number of carbonyl (C=O) groups excluding carboxylic acids is 2. The molecule has 0 aliphatic carbocycles. The second-order valence-corrected chi connectivity index (χ2v) is 7.22. The first kappa shape index (κ1) is 19.8. The van der Waals surface area contributed by atoms with Crippen LogP contribution in [0.2, 0.25) is 0 Å². The molecule has 3 rings (SSSR count). The molecule has 144 valence electrons. The minimum atomic E-state index is -0.212. The van der Waals surface area contributed by atoms with Crippen molar-refractivity contribution in [1.82, 2.24) is 9.78 Å².